The van der Waals surface area contributed by atoms with E-state index in [-0.39, 0.29) is 35.0 Å². The molecule has 0 saturated heterocycles. The average Bonchev–Trinajstić information content (AvgIpc) is 3.27. The van der Waals surface area contributed by atoms with Gasteiger partial charge in [-0.05, 0) is 116 Å². The molecule has 5 rings (SSSR count). The third kappa shape index (κ3) is 4.64. The van der Waals surface area contributed by atoms with Crippen molar-refractivity contribution in [1.29, 1.82) is 0 Å². The zero-order valence-electron chi connectivity index (χ0n) is 23.2. The van der Waals surface area contributed by atoms with E-state index in [0.29, 0.717) is 47.5 Å². The Morgan fingerprint density at radius 3 is 2.51 bits per heavy atom. The number of aliphatic hydroxyl groups is 1. The van der Waals surface area contributed by atoms with Crippen molar-refractivity contribution in [2.24, 2.45) is 46.3 Å². The highest BCUT2D eigenvalue weighted by Crippen LogP contribution is 2.68. The maximum Gasteiger partial charge on any atom is 0.338 e. The lowest BCUT2D eigenvalue weighted by Crippen LogP contribution is -2.59. The Bertz CT molecular complexity index is 977. The lowest BCUT2D eigenvalue weighted by Gasteiger charge is -2.62. The number of hydrogen-bond donors (Lipinski definition) is 1. The summed E-state index contributed by atoms with van der Waals surface area (Å²) in [6, 6.07) is 9.33. The number of fused-ring (bicyclic) bond motifs is 5. The minimum absolute atomic E-state index is 0.00682. The monoisotopic (exact) mass is 510 g/mol. The van der Waals surface area contributed by atoms with Crippen molar-refractivity contribution < 1.29 is 24.2 Å². The highest BCUT2D eigenvalue weighted by molar-refractivity contribution is 5.89. The summed E-state index contributed by atoms with van der Waals surface area (Å²) in [7, 11) is 1.46. The Morgan fingerprint density at radius 1 is 1.03 bits per heavy atom. The summed E-state index contributed by atoms with van der Waals surface area (Å²) >= 11 is 0. The Kier molecular flexibility index (Phi) is 7.48. The molecule has 204 valence electrons. The molecule has 37 heavy (non-hydrogen) atoms. The van der Waals surface area contributed by atoms with Crippen LogP contribution in [0.2, 0.25) is 0 Å². The normalized spacial score (nSPS) is 41.6. The predicted molar refractivity (Wildman–Crippen MR) is 143 cm³/mol. The van der Waals surface area contributed by atoms with Gasteiger partial charge in [-0.2, -0.15) is 0 Å². The first-order chi connectivity index (χ1) is 17.7. The van der Waals surface area contributed by atoms with Gasteiger partial charge in [-0.25, -0.2) is 4.79 Å². The molecule has 0 bridgehead atoms. The lowest BCUT2D eigenvalue weighted by molar-refractivity contribution is -0.175. The zero-order valence-corrected chi connectivity index (χ0v) is 23.2. The molecule has 10 atom stereocenters. The fourth-order valence-electron chi connectivity index (χ4n) is 9.69. The van der Waals surface area contributed by atoms with E-state index in [0.717, 1.165) is 38.5 Å². The van der Waals surface area contributed by atoms with Crippen molar-refractivity contribution >= 4 is 11.9 Å². The van der Waals surface area contributed by atoms with Gasteiger partial charge in [0.1, 0.15) is 6.10 Å². The van der Waals surface area contributed by atoms with Gasteiger partial charge in [0.15, 0.2) is 0 Å². The van der Waals surface area contributed by atoms with E-state index in [2.05, 4.69) is 20.8 Å². The van der Waals surface area contributed by atoms with Crippen molar-refractivity contribution in [3.05, 3.63) is 35.9 Å². The van der Waals surface area contributed by atoms with Crippen LogP contribution < -0.4 is 0 Å². The largest absolute Gasteiger partial charge is 0.469 e. The van der Waals surface area contributed by atoms with Crippen LogP contribution in [0, 0.1) is 46.3 Å². The molecule has 0 aromatic heterocycles. The van der Waals surface area contributed by atoms with Crippen LogP contribution >= 0.6 is 0 Å². The molecule has 0 amide bonds. The van der Waals surface area contributed by atoms with Crippen LogP contribution in [0.25, 0.3) is 0 Å². The highest BCUT2D eigenvalue weighted by atomic mass is 16.5. The summed E-state index contributed by atoms with van der Waals surface area (Å²) in [5.41, 5.74) is 0.767. The van der Waals surface area contributed by atoms with E-state index < -0.39 is 0 Å². The average molecular weight is 511 g/mol. The second-order valence-electron chi connectivity index (χ2n) is 13.2. The number of esters is 2. The van der Waals surface area contributed by atoms with E-state index in [4.69, 9.17) is 9.47 Å². The molecular formula is C32H46O5. The zero-order chi connectivity index (χ0) is 26.4. The third-order valence-electron chi connectivity index (χ3n) is 11.8. The SMILES string of the molecule is COC(=O)CCC(C)C1CCC2C3CCC4CC(OC(=O)c5ccccc5)CCC4(C)C3CC(O)C12C. The minimum atomic E-state index is -0.295. The topological polar surface area (TPSA) is 72.8 Å². The molecular weight excluding hydrogens is 464 g/mol. The Labute approximate surface area is 222 Å². The summed E-state index contributed by atoms with van der Waals surface area (Å²) < 4.78 is 10.9. The molecule has 4 saturated carbocycles. The fourth-order valence-corrected chi connectivity index (χ4v) is 9.69. The van der Waals surface area contributed by atoms with Gasteiger partial charge < -0.3 is 14.6 Å². The maximum absolute atomic E-state index is 12.7. The van der Waals surface area contributed by atoms with Crippen LogP contribution in [0.15, 0.2) is 30.3 Å². The molecule has 1 N–H and O–H groups in total. The van der Waals surface area contributed by atoms with E-state index in [1.807, 2.05) is 30.3 Å². The van der Waals surface area contributed by atoms with Crippen LogP contribution in [0.3, 0.4) is 0 Å². The van der Waals surface area contributed by atoms with E-state index in [1.54, 1.807) is 0 Å². The first-order valence-electron chi connectivity index (χ1n) is 14.7. The van der Waals surface area contributed by atoms with Crippen molar-refractivity contribution in [2.75, 3.05) is 7.11 Å². The number of methoxy groups -OCH3 is 1. The molecule has 10 unspecified atom stereocenters. The van der Waals surface area contributed by atoms with Gasteiger partial charge in [0.05, 0.1) is 18.8 Å². The number of rotatable bonds is 6. The molecule has 1 aromatic rings. The van der Waals surface area contributed by atoms with Crippen LogP contribution in [-0.4, -0.2) is 36.4 Å². The van der Waals surface area contributed by atoms with Crippen LogP contribution in [0.5, 0.6) is 0 Å². The summed E-state index contributed by atoms with van der Waals surface area (Å²) in [4.78, 5) is 24.5. The Morgan fingerprint density at radius 2 is 1.78 bits per heavy atom. The van der Waals surface area contributed by atoms with Gasteiger partial charge in [-0.3, -0.25) is 4.79 Å². The summed E-state index contributed by atoms with van der Waals surface area (Å²) in [5, 5.41) is 11.8. The second kappa shape index (κ2) is 10.4. The van der Waals surface area contributed by atoms with Crippen LogP contribution in [0.1, 0.15) is 95.3 Å². The smallest absolute Gasteiger partial charge is 0.338 e. The van der Waals surface area contributed by atoms with Crippen molar-refractivity contribution in [3.63, 3.8) is 0 Å². The van der Waals surface area contributed by atoms with Crippen molar-refractivity contribution in [3.8, 4) is 0 Å². The summed E-state index contributed by atoms with van der Waals surface area (Å²) in [6.45, 7) is 7.11. The standard InChI is InChI=1S/C32H46O5/c1-20(10-15-29(34)36-4)25-13-14-26-24-12-11-22-18-23(37-30(35)21-8-6-5-7-9-21)16-17-31(22,2)27(24)19-28(33)32(25,26)3/h5-9,20,22-28,33H,10-19H2,1-4H3. The van der Waals surface area contributed by atoms with Gasteiger partial charge in [-0.15, -0.1) is 0 Å². The molecule has 0 radical (unpaired) electrons. The Hall–Kier alpha value is -1.88. The first kappa shape index (κ1) is 26.7. The summed E-state index contributed by atoms with van der Waals surface area (Å²) in [6.07, 6.45) is 9.59. The molecule has 5 heteroatoms. The van der Waals surface area contributed by atoms with Crippen molar-refractivity contribution in [2.45, 2.75) is 97.2 Å². The number of carbonyl (C=O) groups excluding carboxylic acids is 2. The predicted octanol–water partition coefficient (Wildman–Crippen LogP) is 6.43. The molecule has 0 heterocycles. The molecule has 0 aliphatic heterocycles. The van der Waals surface area contributed by atoms with Crippen LogP contribution in [0.4, 0.5) is 0 Å². The maximum atomic E-state index is 12.7. The van der Waals surface area contributed by atoms with E-state index in [1.165, 1.54) is 26.4 Å². The third-order valence-corrected chi connectivity index (χ3v) is 11.8. The number of ether oxygens (including phenoxy) is 2. The molecule has 0 spiro atoms. The number of benzene rings is 1. The highest BCUT2D eigenvalue weighted by Gasteiger charge is 2.63. The van der Waals surface area contributed by atoms with E-state index >= 15 is 0 Å². The molecule has 4 aliphatic rings. The van der Waals surface area contributed by atoms with Crippen molar-refractivity contribution in [1.82, 2.24) is 0 Å². The van der Waals surface area contributed by atoms with Crippen LogP contribution in [-0.2, 0) is 14.3 Å². The Balaban J connectivity index is 1.27. The van der Waals surface area contributed by atoms with Gasteiger partial charge in [-0.1, -0.05) is 39.0 Å². The molecule has 1 aromatic carbocycles. The molecule has 5 nitrogen and oxygen atoms in total. The quantitative estimate of drug-likeness (QED) is 0.447. The molecule has 4 aliphatic carbocycles. The molecule has 4 fully saturated rings. The summed E-state index contributed by atoms with van der Waals surface area (Å²) in [5.74, 6) is 2.82. The van der Waals surface area contributed by atoms with Gasteiger partial charge >= 0.3 is 11.9 Å². The van der Waals surface area contributed by atoms with E-state index in [9.17, 15) is 14.7 Å². The second-order valence-corrected chi connectivity index (χ2v) is 13.2. The fraction of sp³-hybridized carbons (Fsp3) is 0.750. The number of carbonyl (C=O) groups is 2. The minimum Gasteiger partial charge on any atom is -0.469 e. The van der Waals surface area contributed by atoms with Gasteiger partial charge in [0, 0.05) is 6.42 Å². The number of aliphatic hydroxyl groups excluding tert-OH is 1. The first-order valence-corrected chi connectivity index (χ1v) is 14.7. The number of hydrogen-bond acceptors (Lipinski definition) is 5. The lowest BCUT2D eigenvalue weighted by atomic mass is 9.43. The van der Waals surface area contributed by atoms with Gasteiger partial charge in [0.25, 0.3) is 0 Å². The van der Waals surface area contributed by atoms with Gasteiger partial charge in [0.2, 0.25) is 0 Å².